The van der Waals surface area contributed by atoms with Crippen LogP contribution in [0.4, 0.5) is 0 Å². The smallest absolute Gasteiger partial charge is 0.253 e. The van der Waals surface area contributed by atoms with Crippen LogP contribution in [0.25, 0.3) is 21.6 Å². The van der Waals surface area contributed by atoms with Crippen LogP contribution in [0.5, 0.6) is 5.75 Å². The quantitative estimate of drug-likeness (QED) is 0.0579. The zero-order valence-electron chi connectivity index (χ0n) is 27.1. The SMILES string of the molecule is [N-]=[N+]=NCc1ccccc1[C@H]1OC(c2ccc(OCCCO)cc2)=N[C@@]1(Cc1ccccc1Br)C(=O)NC1c2ccccc2-c2ccccc21. The van der Waals surface area contributed by atoms with Gasteiger partial charge in [-0.1, -0.05) is 112 Å². The zero-order chi connectivity index (χ0) is 34.5. The van der Waals surface area contributed by atoms with Crippen molar-refractivity contribution in [2.24, 2.45) is 10.1 Å². The molecule has 0 saturated heterocycles. The van der Waals surface area contributed by atoms with Crippen molar-refractivity contribution >= 4 is 27.7 Å². The predicted molar refractivity (Wildman–Crippen MR) is 196 cm³/mol. The van der Waals surface area contributed by atoms with Gasteiger partial charge in [0.15, 0.2) is 11.6 Å². The minimum atomic E-state index is -1.48. The maximum Gasteiger partial charge on any atom is 0.253 e. The lowest BCUT2D eigenvalue weighted by Gasteiger charge is -2.33. The van der Waals surface area contributed by atoms with Gasteiger partial charge in [-0.15, -0.1) is 0 Å². The fourth-order valence-electron chi connectivity index (χ4n) is 6.80. The van der Waals surface area contributed by atoms with Crippen LogP contribution in [-0.4, -0.2) is 35.7 Å². The number of carbonyl (C=O) groups excluding carboxylic acids is 1. The van der Waals surface area contributed by atoms with E-state index in [9.17, 15) is 5.53 Å². The largest absolute Gasteiger partial charge is 0.494 e. The van der Waals surface area contributed by atoms with Crippen molar-refractivity contribution in [1.29, 1.82) is 0 Å². The Morgan fingerprint density at radius 2 is 1.50 bits per heavy atom. The Kier molecular flexibility index (Phi) is 9.67. The number of rotatable bonds is 12. The van der Waals surface area contributed by atoms with Gasteiger partial charge in [-0.2, -0.15) is 0 Å². The number of hydrogen-bond acceptors (Lipinski definition) is 6. The molecule has 250 valence electrons. The number of azide groups is 1. The maximum atomic E-state index is 15.3. The van der Waals surface area contributed by atoms with Gasteiger partial charge in [0.2, 0.25) is 5.90 Å². The first kappa shape index (κ1) is 33.1. The van der Waals surface area contributed by atoms with Crippen molar-refractivity contribution in [3.05, 3.63) is 170 Å². The molecule has 0 radical (unpaired) electrons. The van der Waals surface area contributed by atoms with Crippen LogP contribution in [0, 0.1) is 0 Å². The average Bonchev–Trinajstić information content (AvgIpc) is 3.69. The van der Waals surface area contributed by atoms with Gasteiger partial charge in [-0.3, -0.25) is 4.79 Å². The van der Waals surface area contributed by atoms with Crippen LogP contribution >= 0.6 is 15.9 Å². The summed E-state index contributed by atoms with van der Waals surface area (Å²) in [6.45, 7) is 0.517. The molecule has 0 bridgehead atoms. The summed E-state index contributed by atoms with van der Waals surface area (Å²) in [6.07, 6.45) is -0.137. The first-order valence-corrected chi connectivity index (χ1v) is 17.2. The summed E-state index contributed by atoms with van der Waals surface area (Å²) in [7, 11) is 0. The molecule has 1 heterocycles. The first-order valence-electron chi connectivity index (χ1n) is 16.4. The first-order chi connectivity index (χ1) is 24.5. The number of ether oxygens (including phenoxy) is 2. The third-order valence-corrected chi connectivity index (χ3v) is 9.97. The molecule has 2 aliphatic rings. The molecule has 9 nitrogen and oxygen atoms in total. The van der Waals surface area contributed by atoms with E-state index in [4.69, 9.17) is 19.6 Å². The normalized spacial score (nSPS) is 17.6. The van der Waals surface area contributed by atoms with E-state index in [1.807, 2.05) is 97.1 Å². The Hall–Kier alpha value is -5.41. The van der Waals surface area contributed by atoms with Crippen LogP contribution in [-0.2, 0) is 22.5 Å². The highest BCUT2D eigenvalue weighted by atomic mass is 79.9. The molecule has 2 atom stereocenters. The molecule has 7 rings (SSSR count). The van der Waals surface area contributed by atoms with Gasteiger partial charge in [0, 0.05) is 34.4 Å². The molecular weight excluding hydrogens is 694 g/mol. The Balaban J connectivity index is 1.37. The van der Waals surface area contributed by atoms with Crippen molar-refractivity contribution in [3.63, 3.8) is 0 Å². The lowest BCUT2D eigenvalue weighted by atomic mass is 9.80. The van der Waals surface area contributed by atoms with Crippen LogP contribution in [0.1, 0.15) is 51.9 Å². The van der Waals surface area contributed by atoms with Crippen molar-refractivity contribution in [1.82, 2.24) is 5.32 Å². The number of fused-ring (bicyclic) bond motifs is 3. The molecule has 50 heavy (non-hydrogen) atoms. The van der Waals surface area contributed by atoms with E-state index in [2.05, 4.69) is 55.5 Å². The van der Waals surface area contributed by atoms with Gasteiger partial charge in [0.1, 0.15) is 5.75 Å². The molecule has 0 unspecified atom stereocenters. The minimum Gasteiger partial charge on any atom is -0.494 e. The summed E-state index contributed by atoms with van der Waals surface area (Å²) < 4.78 is 13.4. The summed E-state index contributed by atoms with van der Waals surface area (Å²) in [5.41, 5.74) is 14.9. The van der Waals surface area contributed by atoms with Gasteiger partial charge in [-0.25, -0.2) is 4.99 Å². The van der Waals surface area contributed by atoms with Crippen LogP contribution in [0.3, 0.4) is 0 Å². The molecule has 2 N–H and O–H groups in total. The predicted octanol–water partition coefficient (Wildman–Crippen LogP) is 8.41. The second-order valence-corrected chi connectivity index (χ2v) is 13.1. The summed E-state index contributed by atoms with van der Waals surface area (Å²) in [5.74, 6) is 0.657. The molecule has 0 saturated carbocycles. The molecule has 1 aliphatic carbocycles. The fraction of sp³-hybridized carbons (Fsp3) is 0.200. The second kappa shape index (κ2) is 14.6. The van der Waals surface area contributed by atoms with Gasteiger partial charge < -0.3 is 19.9 Å². The highest BCUT2D eigenvalue weighted by Gasteiger charge is 2.54. The molecule has 0 fully saturated rings. The molecule has 5 aromatic rings. The monoisotopic (exact) mass is 727 g/mol. The van der Waals surface area contributed by atoms with Gasteiger partial charge in [0.25, 0.3) is 5.91 Å². The number of aliphatic imine (C=N–C) groups is 1. The number of benzene rings is 5. The number of aliphatic hydroxyl groups is 1. The lowest BCUT2D eigenvalue weighted by Crippen LogP contribution is -2.51. The highest BCUT2D eigenvalue weighted by Crippen LogP contribution is 2.47. The summed E-state index contributed by atoms with van der Waals surface area (Å²) in [5, 5.41) is 16.4. The number of carbonyl (C=O) groups is 1. The molecule has 5 aromatic carbocycles. The van der Waals surface area contributed by atoms with Crippen LogP contribution in [0.2, 0.25) is 0 Å². The summed E-state index contributed by atoms with van der Waals surface area (Å²) >= 11 is 3.72. The van der Waals surface area contributed by atoms with Gasteiger partial charge in [-0.05, 0) is 74.8 Å². The van der Waals surface area contributed by atoms with Crippen LogP contribution in [0.15, 0.2) is 136 Å². The summed E-state index contributed by atoms with van der Waals surface area (Å²) in [6, 6.07) is 38.6. The Labute approximate surface area is 298 Å². The van der Waals surface area contributed by atoms with Gasteiger partial charge >= 0.3 is 0 Å². The molecular formula is C40H34BrN5O4. The van der Waals surface area contributed by atoms with Crippen LogP contribution < -0.4 is 10.1 Å². The van der Waals surface area contributed by atoms with E-state index in [1.54, 1.807) is 0 Å². The van der Waals surface area contributed by atoms with Gasteiger partial charge in [0.05, 0.1) is 19.2 Å². The van der Waals surface area contributed by atoms with E-state index in [0.29, 0.717) is 35.8 Å². The average molecular weight is 729 g/mol. The fourth-order valence-corrected chi connectivity index (χ4v) is 7.23. The summed E-state index contributed by atoms with van der Waals surface area (Å²) in [4.78, 5) is 23.6. The lowest BCUT2D eigenvalue weighted by molar-refractivity contribution is -0.129. The second-order valence-electron chi connectivity index (χ2n) is 12.2. The standard InChI is InChI=1S/C40H34BrN5O4/c41-35-17-8-2-10-27(35)24-40(39(48)44-36-33-15-6-4-13-31(33)32-14-5-7-16-34(32)36)37(30-12-3-1-11-28(30)25-43-46-42)50-38(45-40)26-18-20-29(21-19-26)49-23-9-22-47/h1-8,10-21,36-37,47H,9,22-25H2,(H,44,48)/t37-,40-/m1/s1. The van der Waals surface area contributed by atoms with Crippen molar-refractivity contribution < 1.29 is 19.4 Å². The van der Waals surface area contributed by atoms with Crippen molar-refractivity contribution in [3.8, 4) is 16.9 Å². The highest BCUT2D eigenvalue weighted by molar-refractivity contribution is 9.10. The third kappa shape index (κ3) is 6.36. The number of hydrogen-bond donors (Lipinski definition) is 2. The van der Waals surface area contributed by atoms with E-state index < -0.39 is 17.7 Å². The molecule has 0 aromatic heterocycles. The zero-order valence-corrected chi connectivity index (χ0v) is 28.7. The van der Waals surface area contributed by atoms with Crippen molar-refractivity contribution in [2.45, 2.75) is 37.1 Å². The number of nitrogens with one attached hydrogen (secondary N) is 1. The molecule has 1 aliphatic heterocycles. The van der Waals surface area contributed by atoms with E-state index in [0.717, 1.165) is 37.9 Å². The Morgan fingerprint density at radius 1 is 0.880 bits per heavy atom. The Bertz CT molecular complexity index is 2070. The topological polar surface area (TPSA) is 129 Å². The van der Waals surface area contributed by atoms with E-state index in [-0.39, 0.29) is 25.5 Å². The minimum absolute atomic E-state index is 0.0466. The number of nitrogens with zero attached hydrogens (tertiary/aromatic N) is 4. The van der Waals surface area contributed by atoms with Crippen molar-refractivity contribution in [2.75, 3.05) is 13.2 Å². The maximum absolute atomic E-state index is 15.3. The van der Waals surface area contributed by atoms with E-state index >= 15 is 4.79 Å². The number of aliphatic hydroxyl groups excluding tert-OH is 1. The number of amides is 1. The molecule has 0 spiro atoms. The third-order valence-electron chi connectivity index (χ3n) is 9.20. The Morgan fingerprint density at radius 3 is 2.16 bits per heavy atom. The molecule has 1 amide bonds. The van der Waals surface area contributed by atoms with E-state index in [1.165, 1.54) is 0 Å². The molecule has 10 heteroatoms. The number of halogens is 1.